The third kappa shape index (κ3) is 4.80. The fourth-order valence-corrected chi connectivity index (χ4v) is 3.14. The third-order valence-corrected chi connectivity index (χ3v) is 4.60. The standard InChI is InChI=1S/C21H26N4O6/c1-25(12-13-10-14(6-7-22-13)31-9-8-27-2)21-23-15-11-16(28-3)18(29-4)19(30-5)17(15)20(26)24-21/h6-7,10-11H,8-9,12H2,1-5H3,(H,23,24,26). The number of ether oxygens (including phenoxy) is 5. The molecule has 0 aliphatic carbocycles. The molecule has 3 rings (SSSR count). The summed E-state index contributed by atoms with van der Waals surface area (Å²) < 4.78 is 26.8. The average Bonchev–Trinajstić information content (AvgIpc) is 2.77. The van der Waals surface area contributed by atoms with Crippen LogP contribution in [-0.2, 0) is 11.3 Å². The topological polar surface area (TPSA) is 108 Å². The Morgan fingerprint density at radius 1 is 1.03 bits per heavy atom. The summed E-state index contributed by atoms with van der Waals surface area (Å²) in [5.74, 6) is 2.10. The summed E-state index contributed by atoms with van der Waals surface area (Å²) in [6.45, 7) is 1.35. The van der Waals surface area contributed by atoms with Crippen molar-refractivity contribution in [3.63, 3.8) is 0 Å². The summed E-state index contributed by atoms with van der Waals surface area (Å²) in [5, 5.41) is 0.281. The van der Waals surface area contributed by atoms with E-state index in [4.69, 9.17) is 23.7 Å². The van der Waals surface area contributed by atoms with Gasteiger partial charge in [-0.25, -0.2) is 0 Å². The summed E-state index contributed by atoms with van der Waals surface area (Å²) in [5.41, 5.74) is 0.823. The number of rotatable bonds is 10. The molecule has 1 N–H and O–H groups in total. The van der Waals surface area contributed by atoms with Crippen molar-refractivity contribution in [2.75, 3.05) is 53.6 Å². The second-order valence-electron chi connectivity index (χ2n) is 6.61. The molecule has 0 saturated heterocycles. The predicted octanol–water partition coefficient (Wildman–Crippen LogP) is 2.01. The van der Waals surface area contributed by atoms with E-state index in [0.717, 1.165) is 5.69 Å². The molecule has 166 valence electrons. The van der Waals surface area contributed by atoms with Crippen LogP contribution in [0.3, 0.4) is 0 Å². The second-order valence-corrected chi connectivity index (χ2v) is 6.61. The van der Waals surface area contributed by atoms with Crippen LogP contribution in [0.15, 0.2) is 29.2 Å². The number of methoxy groups -OCH3 is 4. The minimum absolute atomic E-state index is 0.266. The van der Waals surface area contributed by atoms with Crippen LogP contribution in [-0.4, -0.2) is 63.7 Å². The fraction of sp³-hybridized carbons (Fsp3) is 0.381. The first-order valence-electron chi connectivity index (χ1n) is 9.53. The van der Waals surface area contributed by atoms with Crippen LogP contribution in [0, 0.1) is 0 Å². The molecule has 2 aromatic heterocycles. The number of aromatic nitrogens is 3. The molecule has 10 nitrogen and oxygen atoms in total. The SMILES string of the molecule is COCCOc1ccnc(CN(C)c2nc(=O)c3c(OC)c(OC)c(OC)cc3[nH]2)c1. The number of nitrogens with zero attached hydrogens (tertiary/aromatic N) is 3. The Labute approximate surface area is 179 Å². The van der Waals surface area contributed by atoms with Crippen molar-refractivity contribution in [3.8, 4) is 23.0 Å². The lowest BCUT2D eigenvalue weighted by atomic mass is 10.2. The minimum Gasteiger partial charge on any atom is -0.493 e. The Hall–Kier alpha value is -3.53. The molecule has 1 aromatic carbocycles. The van der Waals surface area contributed by atoms with Crippen molar-refractivity contribution in [2.45, 2.75) is 6.54 Å². The largest absolute Gasteiger partial charge is 0.493 e. The molecule has 0 fully saturated rings. The number of benzene rings is 1. The van der Waals surface area contributed by atoms with Crippen molar-refractivity contribution in [2.24, 2.45) is 0 Å². The molecule has 0 radical (unpaired) electrons. The lowest BCUT2D eigenvalue weighted by molar-refractivity contribution is 0.146. The van der Waals surface area contributed by atoms with Gasteiger partial charge in [-0.15, -0.1) is 0 Å². The van der Waals surface area contributed by atoms with E-state index in [1.54, 1.807) is 30.3 Å². The molecule has 10 heteroatoms. The molecular formula is C21H26N4O6. The van der Waals surface area contributed by atoms with E-state index in [1.165, 1.54) is 21.3 Å². The Morgan fingerprint density at radius 2 is 1.81 bits per heavy atom. The maximum atomic E-state index is 12.8. The normalized spacial score (nSPS) is 10.7. The first kappa shape index (κ1) is 22.2. The van der Waals surface area contributed by atoms with Gasteiger partial charge in [0, 0.05) is 32.5 Å². The Morgan fingerprint density at radius 3 is 2.48 bits per heavy atom. The summed E-state index contributed by atoms with van der Waals surface area (Å²) in [6.07, 6.45) is 1.67. The van der Waals surface area contributed by atoms with Gasteiger partial charge in [0.05, 0.1) is 45.7 Å². The van der Waals surface area contributed by atoms with Crippen LogP contribution in [0.4, 0.5) is 5.95 Å². The monoisotopic (exact) mass is 430 g/mol. The van der Waals surface area contributed by atoms with Crippen molar-refractivity contribution in [1.82, 2.24) is 15.0 Å². The Bertz CT molecular complexity index is 1100. The van der Waals surface area contributed by atoms with Crippen LogP contribution in [0.5, 0.6) is 23.0 Å². The molecule has 0 aliphatic rings. The molecule has 0 saturated carbocycles. The molecule has 2 heterocycles. The number of nitrogens with one attached hydrogen (secondary N) is 1. The number of hydrogen-bond donors (Lipinski definition) is 1. The number of hydrogen-bond acceptors (Lipinski definition) is 9. The van der Waals surface area contributed by atoms with E-state index in [9.17, 15) is 4.79 Å². The van der Waals surface area contributed by atoms with Gasteiger partial charge in [0.15, 0.2) is 11.5 Å². The second kappa shape index (κ2) is 9.98. The molecule has 0 spiro atoms. The number of pyridine rings is 1. The van der Waals surface area contributed by atoms with Crippen molar-refractivity contribution >= 4 is 16.9 Å². The average molecular weight is 430 g/mol. The summed E-state index contributed by atoms with van der Waals surface area (Å²) >= 11 is 0. The molecular weight excluding hydrogens is 404 g/mol. The maximum absolute atomic E-state index is 12.8. The van der Waals surface area contributed by atoms with Gasteiger partial charge in [0.1, 0.15) is 17.7 Å². The quantitative estimate of drug-likeness (QED) is 0.483. The van der Waals surface area contributed by atoms with E-state index in [-0.39, 0.29) is 11.1 Å². The van der Waals surface area contributed by atoms with Crippen LogP contribution in [0.25, 0.3) is 10.9 Å². The fourth-order valence-electron chi connectivity index (χ4n) is 3.14. The molecule has 0 unspecified atom stereocenters. The van der Waals surface area contributed by atoms with E-state index >= 15 is 0 Å². The molecule has 0 atom stereocenters. The van der Waals surface area contributed by atoms with Gasteiger partial charge in [0.2, 0.25) is 11.7 Å². The van der Waals surface area contributed by atoms with Gasteiger partial charge in [-0.05, 0) is 6.07 Å². The smallest absolute Gasteiger partial charge is 0.286 e. The van der Waals surface area contributed by atoms with Crippen LogP contribution in [0.1, 0.15) is 5.69 Å². The first-order chi connectivity index (χ1) is 15.0. The maximum Gasteiger partial charge on any atom is 0.286 e. The van der Waals surface area contributed by atoms with Gasteiger partial charge in [-0.1, -0.05) is 0 Å². The Kier molecular flexibility index (Phi) is 7.14. The van der Waals surface area contributed by atoms with Crippen molar-refractivity contribution < 1.29 is 23.7 Å². The first-order valence-corrected chi connectivity index (χ1v) is 9.53. The molecule has 0 aliphatic heterocycles. The number of aromatic amines is 1. The Balaban J connectivity index is 1.92. The highest BCUT2D eigenvalue weighted by molar-refractivity contribution is 5.90. The van der Waals surface area contributed by atoms with Gasteiger partial charge >= 0.3 is 0 Å². The highest BCUT2D eigenvalue weighted by atomic mass is 16.5. The summed E-state index contributed by atoms with van der Waals surface area (Å²) in [4.78, 5) is 26.3. The van der Waals surface area contributed by atoms with Gasteiger partial charge in [-0.3, -0.25) is 9.78 Å². The zero-order valence-electron chi connectivity index (χ0n) is 18.2. The van der Waals surface area contributed by atoms with Gasteiger partial charge in [0.25, 0.3) is 5.56 Å². The zero-order valence-corrected chi connectivity index (χ0v) is 18.2. The van der Waals surface area contributed by atoms with E-state index < -0.39 is 5.56 Å². The van der Waals surface area contributed by atoms with Gasteiger partial charge in [-0.2, -0.15) is 4.98 Å². The lowest BCUT2D eigenvalue weighted by Crippen LogP contribution is -2.23. The number of H-pyrrole nitrogens is 1. The summed E-state index contributed by atoms with van der Waals surface area (Å²) in [6, 6.07) is 5.29. The third-order valence-electron chi connectivity index (χ3n) is 4.60. The van der Waals surface area contributed by atoms with E-state index in [1.807, 2.05) is 13.1 Å². The number of fused-ring (bicyclic) bond motifs is 1. The molecule has 31 heavy (non-hydrogen) atoms. The highest BCUT2D eigenvalue weighted by Gasteiger charge is 2.20. The highest BCUT2D eigenvalue weighted by Crippen LogP contribution is 2.41. The van der Waals surface area contributed by atoms with Crippen molar-refractivity contribution in [3.05, 3.63) is 40.4 Å². The van der Waals surface area contributed by atoms with Crippen LogP contribution in [0.2, 0.25) is 0 Å². The van der Waals surface area contributed by atoms with E-state index in [2.05, 4.69) is 15.0 Å². The van der Waals surface area contributed by atoms with E-state index in [0.29, 0.717) is 48.5 Å². The van der Waals surface area contributed by atoms with Crippen LogP contribution < -0.4 is 29.4 Å². The molecule has 3 aromatic rings. The number of anilines is 1. The molecule has 0 bridgehead atoms. The summed E-state index contributed by atoms with van der Waals surface area (Å²) in [7, 11) is 7.89. The van der Waals surface area contributed by atoms with Gasteiger partial charge < -0.3 is 33.6 Å². The lowest BCUT2D eigenvalue weighted by Gasteiger charge is -2.19. The minimum atomic E-state index is -0.446. The van der Waals surface area contributed by atoms with Crippen LogP contribution >= 0.6 is 0 Å². The molecule has 0 amide bonds. The van der Waals surface area contributed by atoms with Crippen molar-refractivity contribution in [1.29, 1.82) is 0 Å². The zero-order chi connectivity index (χ0) is 22.4. The predicted molar refractivity (Wildman–Crippen MR) is 116 cm³/mol.